The third-order valence-corrected chi connectivity index (χ3v) is 4.75. The van der Waals surface area contributed by atoms with E-state index in [4.69, 9.17) is 9.47 Å². The lowest BCUT2D eigenvalue weighted by atomic mass is 9.95. The minimum Gasteiger partial charge on any atom is -0.388 e. The number of ether oxygens (including phenoxy) is 2. The quantitative estimate of drug-likeness (QED) is 0.693. The fourth-order valence-corrected chi connectivity index (χ4v) is 3.53. The molecule has 0 spiro atoms. The second-order valence-corrected chi connectivity index (χ2v) is 6.18. The average Bonchev–Trinajstić information content (AvgIpc) is 3.11. The highest BCUT2D eigenvalue weighted by atomic mass is 35.5. The van der Waals surface area contributed by atoms with Crippen LogP contribution in [0.4, 0.5) is 0 Å². The van der Waals surface area contributed by atoms with Crippen molar-refractivity contribution in [2.75, 3.05) is 13.2 Å². The van der Waals surface area contributed by atoms with Gasteiger partial charge < -0.3 is 25.2 Å². The van der Waals surface area contributed by atoms with Crippen LogP contribution in [0, 0.1) is 0 Å². The molecule has 3 aliphatic heterocycles. The van der Waals surface area contributed by atoms with Crippen molar-refractivity contribution >= 4 is 18.3 Å². The zero-order valence-corrected chi connectivity index (χ0v) is 13.4. The number of carbonyl (C=O) groups excluding carboxylic acids is 1. The summed E-state index contributed by atoms with van der Waals surface area (Å²) in [6, 6.07) is 7.75. The average molecular weight is 341 g/mol. The molecule has 0 radical (unpaired) electrons. The van der Waals surface area contributed by atoms with Gasteiger partial charge in [-0.3, -0.25) is 4.79 Å². The van der Waals surface area contributed by atoms with Gasteiger partial charge in [0.2, 0.25) is 5.91 Å². The van der Waals surface area contributed by atoms with Crippen LogP contribution >= 0.6 is 12.4 Å². The molecule has 4 rings (SSSR count). The first kappa shape index (κ1) is 16.7. The van der Waals surface area contributed by atoms with E-state index >= 15 is 0 Å². The SMILES string of the molecule is Cl.O=C(N[C@@H]1CO[C@H]2[C@@H]1OC[C@H]2O)[C@H]1Cc2ccccc2CN1. The number of carbonyl (C=O) groups is 1. The minimum absolute atomic E-state index is 0. The van der Waals surface area contributed by atoms with E-state index in [1.165, 1.54) is 11.1 Å². The van der Waals surface area contributed by atoms with E-state index in [-0.39, 0.29) is 49.2 Å². The van der Waals surface area contributed by atoms with Crippen LogP contribution in [0.5, 0.6) is 0 Å². The molecular formula is C16H21ClN2O4. The molecule has 0 aliphatic carbocycles. The van der Waals surface area contributed by atoms with Gasteiger partial charge in [-0.1, -0.05) is 24.3 Å². The Hall–Kier alpha value is -1.18. The number of nitrogens with one attached hydrogen (secondary N) is 2. The molecule has 3 aliphatic rings. The van der Waals surface area contributed by atoms with Gasteiger partial charge in [-0.05, 0) is 17.5 Å². The van der Waals surface area contributed by atoms with Crippen molar-refractivity contribution in [3.8, 4) is 0 Å². The topological polar surface area (TPSA) is 79.8 Å². The lowest BCUT2D eigenvalue weighted by Crippen LogP contribution is -2.53. The third-order valence-electron chi connectivity index (χ3n) is 4.75. The molecule has 1 aromatic rings. The Morgan fingerprint density at radius 1 is 1.17 bits per heavy atom. The Labute approximate surface area is 140 Å². The molecular weight excluding hydrogens is 320 g/mol. The summed E-state index contributed by atoms with van der Waals surface area (Å²) in [6.07, 6.45) is -0.459. The molecule has 3 N–H and O–H groups in total. The molecule has 5 atom stereocenters. The van der Waals surface area contributed by atoms with Crippen molar-refractivity contribution in [1.29, 1.82) is 0 Å². The molecule has 126 valence electrons. The lowest BCUT2D eigenvalue weighted by Gasteiger charge is -2.27. The molecule has 0 aromatic heterocycles. The van der Waals surface area contributed by atoms with Gasteiger partial charge in [0.05, 0.1) is 25.3 Å². The van der Waals surface area contributed by atoms with Gasteiger partial charge in [-0.15, -0.1) is 12.4 Å². The van der Waals surface area contributed by atoms with Crippen molar-refractivity contribution in [2.45, 2.75) is 43.4 Å². The maximum Gasteiger partial charge on any atom is 0.237 e. The second kappa shape index (κ2) is 6.75. The van der Waals surface area contributed by atoms with Crippen LogP contribution in [0.3, 0.4) is 0 Å². The molecule has 2 saturated heterocycles. The summed E-state index contributed by atoms with van der Waals surface area (Å²) in [7, 11) is 0. The third kappa shape index (κ3) is 3.09. The van der Waals surface area contributed by atoms with Gasteiger partial charge >= 0.3 is 0 Å². The van der Waals surface area contributed by atoms with Crippen molar-refractivity contribution in [2.24, 2.45) is 0 Å². The van der Waals surface area contributed by atoms with Gasteiger partial charge in [-0.2, -0.15) is 0 Å². The van der Waals surface area contributed by atoms with Gasteiger partial charge in [0, 0.05) is 6.54 Å². The number of hydrogen-bond acceptors (Lipinski definition) is 5. The monoisotopic (exact) mass is 340 g/mol. The summed E-state index contributed by atoms with van der Waals surface area (Å²) in [5.74, 6) is -0.0336. The standard InChI is InChI=1S/C16H20N2O4.ClH/c19-13-8-22-14-12(7-21-15(13)14)18-16(20)11-5-9-3-1-2-4-10(9)6-17-11;/h1-4,11-15,17,19H,5-8H2,(H,18,20);1H/t11-,12-,13-,14-,15-;/m1./s1. The van der Waals surface area contributed by atoms with Gasteiger partial charge in [0.15, 0.2) is 0 Å². The zero-order chi connectivity index (χ0) is 15.1. The van der Waals surface area contributed by atoms with Crippen LogP contribution in [0.25, 0.3) is 0 Å². The molecule has 0 saturated carbocycles. The summed E-state index contributed by atoms with van der Waals surface area (Å²) in [6.45, 7) is 1.37. The maximum absolute atomic E-state index is 12.5. The molecule has 3 heterocycles. The van der Waals surface area contributed by atoms with Gasteiger partial charge in [-0.25, -0.2) is 0 Å². The summed E-state index contributed by atoms with van der Waals surface area (Å²) >= 11 is 0. The molecule has 2 fully saturated rings. The van der Waals surface area contributed by atoms with E-state index in [9.17, 15) is 9.90 Å². The number of aliphatic hydroxyl groups is 1. The predicted molar refractivity (Wildman–Crippen MR) is 85.4 cm³/mol. The first-order chi connectivity index (χ1) is 10.7. The van der Waals surface area contributed by atoms with Crippen LogP contribution in [-0.4, -0.2) is 54.6 Å². The van der Waals surface area contributed by atoms with Crippen LogP contribution in [0.2, 0.25) is 0 Å². The summed E-state index contributed by atoms with van der Waals surface area (Å²) < 4.78 is 11.1. The van der Waals surface area contributed by atoms with E-state index in [1.807, 2.05) is 12.1 Å². The molecule has 23 heavy (non-hydrogen) atoms. The van der Waals surface area contributed by atoms with Crippen LogP contribution in [0.1, 0.15) is 11.1 Å². The fourth-order valence-electron chi connectivity index (χ4n) is 3.53. The van der Waals surface area contributed by atoms with Gasteiger partial charge in [0.25, 0.3) is 0 Å². The Morgan fingerprint density at radius 2 is 1.91 bits per heavy atom. The van der Waals surface area contributed by atoms with E-state index < -0.39 is 6.10 Å². The number of aliphatic hydroxyl groups excluding tert-OH is 1. The highest BCUT2D eigenvalue weighted by Gasteiger charge is 2.47. The summed E-state index contributed by atoms with van der Waals surface area (Å²) in [5.41, 5.74) is 2.47. The minimum atomic E-state index is -0.591. The summed E-state index contributed by atoms with van der Waals surface area (Å²) in [4.78, 5) is 12.5. The number of halogens is 1. The Morgan fingerprint density at radius 3 is 2.74 bits per heavy atom. The molecule has 6 nitrogen and oxygen atoms in total. The summed E-state index contributed by atoms with van der Waals surface area (Å²) in [5, 5.41) is 16.0. The molecule has 7 heteroatoms. The highest BCUT2D eigenvalue weighted by Crippen LogP contribution is 2.27. The van der Waals surface area contributed by atoms with Crippen LogP contribution in [0.15, 0.2) is 24.3 Å². The van der Waals surface area contributed by atoms with Crippen LogP contribution in [-0.2, 0) is 27.2 Å². The number of fused-ring (bicyclic) bond motifs is 2. The number of rotatable bonds is 2. The van der Waals surface area contributed by atoms with Crippen LogP contribution < -0.4 is 10.6 Å². The Balaban J connectivity index is 0.00000156. The largest absolute Gasteiger partial charge is 0.388 e. The fraction of sp³-hybridized carbons (Fsp3) is 0.562. The van der Waals surface area contributed by atoms with Gasteiger partial charge in [0.1, 0.15) is 18.3 Å². The van der Waals surface area contributed by atoms with E-state index in [2.05, 4.69) is 22.8 Å². The van der Waals surface area contributed by atoms with Crippen molar-refractivity contribution in [3.63, 3.8) is 0 Å². The molecule has 0 bridgehead atoms. The number of hydrogen-bond donors (Lipinski definition) is 3. The molecule has 1 aromatic carbocycles. The molecule has 1 amide bonds. The van der Waals surface area contributed by atoms with Crippen molar-refractivity contribution in [3.05, 3.63) is 35.4 Å². The normalized spacial score (nSPS) is 35.1. The maximum atomic E-state index is 12.5. The first-order valence-corrected chi connectivity index (χ1v) is 7.74. The Bertz CT molecular complexity index is 585. The zero-order valence-electron chi connectivity index (χ0n) is 12.6. The van der Waals surface area contributed by atoms with E-state index in [1.54, 1.807) is 0 Å². The smallest absolute Gasteiger partial charge is 0.237 e. The van der Waals surface area contributed by atoms with Crippen molar-refractivity contribution < 1.29 is 19.4 Å². The first-order valence-electron chi connectivity index (χ1n) is 7.74. The number of benzene rings is 1. The molecule has 0 unspecified atom stereocenters. The van der Waals surface area contributed by atoms with E-state index in [0.717, 1.165) is 0 Å². The van der Waals surface area contributed by atoms with E-state index in [0.29, 0.717) is 19.6 Å². The Kier molecular flexibility index (Phi) is 4.89. The highest BCUT2D eigenvalue weighted by molar-refractivity contribution is 5.85. The van der Waals surface area contributed by atoms with Crippen molar-refractivity contribution in [1.82, 2.24) is 10.6 Å². The second-order valence-electron chi connectivity index (χ2n) is 6.18. The number of amides is 1. The lowest BCUT2D eigenvalue weighted by molar-refractivity contribution is -0.124. The predicted octanol–water partition coefficient (Wildman–Crippen LogP) is -0.234.